The molecule has 0 aromatic carbocycles. The van der Waals surface area contributed by atoms with E-state index in [2.05, 4.69) is 24.1 Å². The number of ether oxygens (including phenoxy) is 1. The van der Waals surface area contributed by atoms with Gasteiger partial charge in [0.25, 0.3) is 0 Å². The number of hydrogen-bond donors (Lipinski definition) is 1. The molecular weight excluding hydrogens is 224 g/mol. The van der Waals surface area contributed by atoms with Gasteiger partial charge in [-0.1, -0.05) is 20.3 Å². The molecule has 1 fully saturated rings. The maximum absolute atomic E-state index is 5.20. The van der Waals surface area contributed by atoms with Crippen LogP contribution in [0.15, 0.2) is 0 Å². The molecule has 0 bridgehead atoms. The Hall–Kier alpha value is -0.120. The minimum absolute atomic E-state index is 0.745. The highest BCUT2D eigenvalue weighted by Crippen LogP contribution is 2.12. The topological polar surface area (TPSA) is 24.5 Å². The van der Waals surface area contributed by atoms with E-state index in [0.29, 0.717) is 0 Å². The van der Waals surface area contributed by atoms with Crippen molar-refractivity contribution in [3.63, 3.8) is 0 Å². The molecule has 0 amide bonds. The van der Waals surface area contributed by atoms with E-state index in [1.807, 2.05) is 0 Å². The zero-order valence-electron chi connectivity index (χ0n) is 12.6. The Morgan fingerprint density at radius 3 is 2.72 bits per heavy atom. The van der Waals surface area contributed by atoms with Crippen molar-refractivity contribution in [2.75, 3.05) is 39.9 Å². The van der Waals surface area contributed by atoms with Crippen LogP contribution in [-0.4, -0.2) is 50.8 Å². The van der Waals surface area contributed by atoms with Crippen LogP contribution in [0, 0.1) is 5.92 Å². The summed E-state index contributed by atoms with van der Waals surface area (Å²) in [4.78, 5) is 2.55. The number of nitrogens with zero attached hydrogens (tertiary/aromatic N) is 1. The average Bonchev–Trinajstić information content (AvgIpc) is 2.36. The van der Waals surface area contributed by atoms with Crippen molar-refractivity contribution < 1.29 is 4.74 Å². The molecule has 1 heterocycles. The molecule has 108 valence electrons. The standard InChI is InChI=1S/C15H32N2O/c1-14(2)13-17(11-12-18-3)10-6-8-15-7-4-5-9-16-15/h14-16H,4-13H2,1-3H3. The fraction of sp³-hybridized carbons (Fsp3) is 1.00. The molecule has 18 heavy (non-hydrogen) atoms. The third kappa shape index (κ3) is 7.34. The predicted octanol–water partition coefficient (Wildman–Crippen LogP) is 2.51. The second-order valence-corrected chi connectivity index (χ2v) is 5.98. The first-order valence-electron chi connectivity index (χ1n) is 7.67. The van der Waals surface area contributed by atoms with Crippen molar-refractivity contribution in [1.82, 2.24) is 10.2 Å². The fourth-order valence-electron chi connectivity index (χ4n) is 2.76. The number of nitrogens with one attached hydrogen (secondary N) is 1. The summed E-state index contributed by atoms with van der Waals surface area (Å²) in [6.07, 6.45) is 6.80. The first-order chi connectivity index (χ1) is 8.72. The van der Waals surface area contributed by atoms with E-state index in [0.717, 1.165) is 25.1 Å². The van der Waals surface area contributed by atoms with Crippen molar-refractivity contribution in [2.45, 2.75) is 52.0 Å². The van der Waals surface area contributed by atoms with Gasteiger partial charge in [0.15, 0.2) is 0 Å². The van der Waals surface area contributed by atoms with Crippen molar-refractivity contribution in [3.8, 4) is 0 Å². The number of methoxy groups -OCH3 is 1. The van der Waals surface area contributed by atoms with Crippen LogP contribution in [0.1, 0.15) is 46.0 Å². The Labute approximate surface area is 113 Å². The Balaban J connectivity index is 2.14. The molecule has 1 aliphatic heterocycles. The van der Waals surface area contributed by atoms with Gasteiger partial charge >= 0.3 is 0 Å². The summed E-state index contributed by atoms with van der Waals surface area (Å²) < 4.78 is 5.20. The minimum atomic E-state index is 0.745. The molecule has 3 heteroatoms. The van der Waals surface area contributed by atoms with Crippen molar-refractivity contribution >= 4 is 0 Å². The van der Waals surface area contributed by atoms with E-state index >= 15 is 0 Å². The quantitative estimate of drug-likeness (QED) is 0.686. The predicted molar refractivity (Wildman–Crippen MR) is 78.0 cm³/mol. The highest BCUT2D eigenvalue weighted by Gasteiger charge is 2.13. The van der Waals surface area contributed by atoms with Gasteiger partial charge in [-0.15, -0.1) is 0 Å². The van der Waals surface area contributed by atoms with Crippen LogP contribution >= 0.6 is 0 Å². The smallest absolute Gasteiger partial charge is 0.0589 e. The highest BCUT2D eigenvalue weighted by molar-refractivity contribution is 4.72. The molecule has 3 nitrogen and oxygen atoms in total. The van der Waals surface area contributed by atoms with Gasteiger partial charge in [0.05, 0.1) is 6.61 Å². The van der Waals surface area contributed by atoms with E-state index in [1.165, 1.54) is 51.7 Å². The normalized spacial score (nSPS) is 20.8. The molecule has 1 saturated heterocycles. The van der Waals surface area contributed by atoms with E-state index < -0.39 is 0 Å². The molecule has 0 aliphatic carbocycles. The molecule has 0 saturated carbocycles. The number of piperidine rings is 1. The lowest BCUT2D eigenvalue weighted by molar-refractivity contribution is 0.137. The van der Waals surface area contributed by atoms with Gasteiger partial charge < -0.3 is 15.0 Å². The van der Waals surface area contributed by atoms with Crippen LogP contribution in [0.4, 0.5) is 0 Å². The number of rotatable bonds is 9. The van der Waals surface area contributed by atoms with E-state index in [1.54, 1.807) is 7.11 Å². The third-order valence-electron chi connectivity index (χ3n) is 3.67. The molecule has 0 aromatic heterocycles. The Bertz CT molecular complexity index is 191. The molecule has 1 aliphatic rings. The molecular formula is C15H32N2O. The molecule has 1 unspecified atom stereocenters. The summed E-state index contributed by atoms with van der Waals surface area (Å²) in [5.41, 5.74) is 0. The molecule has 0 radical (unpaired) electrons. The Kier molecular flexibility index (Phi) is 8.64. The maximum atomic E-state index is 5.20. The van der Waals surface area contributed by atoms with Gasteiger partial charge in [0, 0.05) is 26.2 Å². The minimum Gasteiger partial charge on any atom is -0.383 e. The first kappa shape index (κ1) is 15.9. The molecule has 0 aromatic rings. The zero-order valence-corrected chi connectivity index (χ0v) is 12.6. The highest BCUT2D eigenvalue weighted by atomic mass is 16.5. The van der Waals surface area contributed by atoms with Crippen LogP contribution in [0.25, 0.3) is 0 Å². The second kappa shape index (κ2) is 9.76. The summed E-state index contributed by atoms with van der Waals surface area (Å²) in [5.74, 6) is 0.745. The van der Waals surface area contributed by atoms with Gasteiger partial charge in [-0.3, -0.25) is 0 Å². The van der Waals surface area contributed by atoms with E-state index in [-0.39, 0.29) is 0 Å². The Morgan fingerprint density at radius 1 is 1.28 bits per heavy atom. The van der Waals surface area contributed by atoms with Gasteiger partial charge in [0.1, 0.15) is 0 Å². The largest absolute Gasteiger partial charge is 0.383 e. The molecule has 0 spiro atoms. The summed E-state index contributed by atoms with van der Waals surface area (Å²) in [6.45, 7) is 10.2. The van der Waals surface area contributed by atoms with Crippen molar-refractivity contribution in [3.05, 3.63) is 0 Å². The number of hydrogen-bond acceptors (Lipinski definition) is 3. The second-order valence-electron chi connectivity index (χ2n) is 5.98. The summed E-state index contributed by atoms with van der Waals surface area (Å²) in [7, 11) is 1.79. The van der Waals surface area contributed by atoms with Crippen LogP contribution in [0.2, 0.25) is 0 Å². The van der Waals surface area contributed by atoms with Gasteiger partial charge in [-0.05, 0) is 44.7 Å². The third-order valence-corrected chi connectivity index (χ3v) is 3.67. The van der Waals surface area contributed by atoms with Gasteiger partial charge in [-0.25, -0.2) is 0 Å². The summed E-state index contributed by atoms with van der Waals surface area (Å²) in [5, 5.41) is 3.63. The lowest BCUT2D eigenvalue weighted by Crippen LogP contribution is -2.36. The maximum Gasteiger partial charge on any atom is 0.0589 e. The molecule has 1 rings (SSSR count). The van der Waals surface area contributed by atoms with Gasteiger partial charge in [-0.2, -0.15) is 0 Å². The summed E-state index contributed by atoms with van der Waals surface area (Å²) >= 11 is 0. The van der Waals surface area contributed by atoms with Gasteiger partial charge in [0.2, 0.25) is 0 Å². The van der Waals surface area contributed by atoms with Crippen LogP contribution in [0.3, 0.4) is 0 Å². The first-order valence-corrected chi connectivity index (χ1v) is 7.67. The fourth-order valence-corrected chi connectivity index (χ4v) is 2.76. The van der Waals surface area contributed by atoms with Crippen LogP contribution in [-0.2, 0) is 4.74 Å². The van der Waals surface area contributed by atoms with Crippen LogP contribution in [0.5, 0.6) is 0 Å². The SMILES string of the molecule is COCCN(CCCC1CCCCN1)CC(C)C. The van der Waals surface area contributed by atoms with Crippen LogP contribution < -0.4 is 5.32 Å². The summed E-state index contributed by atoms with van der Waals surface area (Å²) in [6, 6.07) is 0.780. The monoisotopic (exact) mass is 256 g/mol. The van der Waals surface area contributed by atoms with Crippen molar-refractivity contribution in [2.24, 2.45) is 5.92 Å². The zero-order chi connectivity index (χ0) is 13.2. The molecule has 1 N–H and O–H groups in total. The lowest BCUT2D eigenvalue weighted by atomic mass is 10.0. The molecule has 1 atom stereocenters. The lowest BCUT2D eigenvalue weighted by Gasteiger charge is -2.27. The van der Waals surface area contributed by atoms with E-state index in [4.69, 9.17) is 4.74 Å². The van der Waals surface area contributed by atoms with Crippen molar-refractivity contribution in [1.29, 1.82) is 0 Å². The van der Waals surface area contributed by atoms with E-state index in [9.17, 15) is 0 Å². The Morgan fingerprint density at radius 2 is 2.11 bits per heavy atom. The average molecular weight is 256 g/mol.